The van der Waals surface area contributed by atoms with Gasteiger partial charge in [-0.25, -0.2) is 9.59 Å². The Labute approximate surface area is 161 Å². The van der Waals surface area contributed by atoms with Gasteiger partial charge in [-0.15, -0.1) is 0 Å². The van der Waals surface area contributed by atoms with Gasteiger partial charge in [0, 0.05) is 0 Å². The number of benzene rings is 2. The van der Waals surface area contributed by atoms with E-state index >= 15 is 0 Å². The summed E-state index contributed by atoms with van der Waals surface area (Å²) in [5.41, 5.74) is -0.612. The van der Waals surface area contributed by atoms with Gasteiger partial charge in [0.15, 0.2) is 17.1 Å². The van der Waals surface area contributed by atoms with E-state index in [9.17, 15) is 14.7 Å². The number of hydrogen-bond acceptors (Lipinski definition) is 6. The second-order valence-electron chi connectivity index (χ2n) is 5.97. The SMILES string of the molecule is CCC=CCCOc1cccc2c(O)c(OC(=O)c3ccccc3)c(=O)oc12. The third kappa shape index (κ3) is 4.23. The van der Waals surface area contributed by atoms with E-state index in [0.29, 0.717) is 18.8 Å². The van der Waals surface area contributed by atoms with Crippen LogP contribution in [0, 0.1) is 0 Å². The molecule has 3 aromatic rings. The first-order chi connectivity index (χ1) is 13.6. The zero-order valence-corrected chi connectivity index (χ0v) is 15.4. The Kier molecular flexibility index (Phi) is 6.11. The molecule has 0 saturated carbocycles. The van der Waals surface area contributed by atoms with Gasteiger partial charge in [-0.1, -0.05) is 43.3 Å². The van der Waals surface area contributed by atoms with Crippen LogP contribution in [0.5, 0.6) is 17.2 Å². The molecule has 0 atom stereocenters. The fourth-order valence-electron chi connectivity index (χ4n) is 2.62. The molecule has 0 aliphatic rings. The van der Waals surface area contributed by atoms with Crippen LogP contribution in [0.4, 0.5) is 0 Å². The molecular weight excluding hydrogens is 360 g/mol. The van der Waals surface area contributed by atoms with E-state index in [1.807, 2.05) is 19.1 Å². The highest BCUT2D eigenvalue weighted by molar-refractivity contribution is 5.94. The summed E-state index contributed by atoms with van der Waals surface area (Å²) in [6.45, 7) is 2.44. The van der Waals surface area contributed by atoms with E-state index in [2.05, 4.69) is 0 Å². The van der Waals surface area contributed by atoms with Crippen molar-refractivity contribution >= 4 is 16.9 Å². The number of aromatic hydroxyl groups is 1. The van der Waals surface area contributed by atoms with Crippen molar-refractivity contribution in [2.24, 2.45) is 0 Å². The van der Waals surface area contributed by atoms with Gasteiger partial charge in [-0.2, -0.15) is 0 Å². The predicted octanol–water partition coefficient (Wildman–Crippen LogP) is 4.45. The average Bonchev–Trinajstić information content (AvgIpc) is 2.72. The van der Waals surface area contributed by atoms with Crippen molar-refractivity contribution in [1.82, 2.24) is 0 Å². The highest BCUT2D eigenvalue weighted by Crippen LogP contribution is 2.36. The maximum atomic E-state index is 12.3. The molecule has 0 radical (unpaired) electrons. The van der Waals surface area contributed by atoms with E-state index in [1.54, 1.807) is 48.5 Å². The molecule has 0 bridgehead atoms. The van der Waals surface area contributed by atoms with E-state index in [0.717, 1.165) is 6.42 Å². The number of rotatable bonds is 7. The number of esters is 1. The molecule has 0 unspecified atom stereocenters. The van der Waals surface area contributed by atoms with Crippen LogP contribution in [0.25, 0.3) is 11.0 Å². The van der Waals surface area contributed by atoms with Gasteiger partial charge in [-0.3, -0.25) is 0 Å². The van der Waals surface area contributed by atoms with Crippen molar-refractivity contribution in [2.45, 2.75) is 19.8 Å². The smallest absolute Gasteiger partial charge is 0.383 e. The molecule has 0 fully saturated rings. The maximum Gasteiger partial charge on any atom is 0.383 e. The molecule has 1 heterocycles. The fraction of sp³-hybridized carbons (Fsp3) is 0.182. The molecule has 0 aliphatic carbocycles. The van der Waals surface area contributed by atoms with Gasteiger partial charge in [0.25, 0.3) is 5.75 Å². The van der Waals surface area contributed by atoms with Gasteiger partial charge in [0.1, 0.15) is 0 Å². The Hall–Kier alpha value is -3.54. The lowest BCUT2D eigenvalue weighted by Crippen LogP contribution is -2.14. The summed E-state index contributed by atoms with van der Waals surface area (Å²) in [6.07, 6.45) is 5.68. The lowest BCUT2D eigenvalue weighted by Gasteiger charge is -2.10. The third-order valence-corrected chi connectivity index (χ3v) is 3.98. The fourth-order valence-corrected chi connectivity index (χ4v) is 2.62. The van der Waals surface area contributed by atoms with Gasteiger partial charge >= 0.3 is 11.6 Å². The summed E-state index contributed by atoms with van der Waals surface area (Å²) in [6, 6.07) is 13.0. The highest BCUT2D eigenvalue weighted by Gasteiger charge is 2.21. The lowest BCUT2D eigenvalue weighted by molar-refractivity contribution is 0.0723. The summed E-state index contributed by atoms with van der Waals surface area (Å²) in [5.74, 6) is -1.45. The minimum atomic E-state index is -0.962. The van der Waals surface area contributed by atoms with Crippen LogP contribution < -0.4 is 15.1 Å². The average molecular weight is 380 g/mol. The summed E-state index contributed by atoms with van der Waals surface area (Å²) in [4.78, 5) is 24.5. The van der Waals surface area contributed by atoms with Crippen molar-refractivity contribution in [3.63, 3.8) is 0 Å². The molecule has 0 saturated heterocycles. The quantitative estimate of drug-likeness (QED) is 0.282. The third-order valence-electron chi connectivity index (χ3n) is 3.98. The first-order valence-corrected chi connectivity index (χ1v) is 8.95. The Balaban J connectivity index is 1.89. The topological polar surface area (TPSA) is 86.0 Å². The molecule has 0 amide bonds. The zero-order chi connectivity index (χ0) is 19.9. The van der Waals surface area contributed by atoms with E-state index in [-0.39, 0.29) is 16.5 Å². The van der Waals surface area contributed by atoms with Crippen molar-refractivity contribution in [1.29, 1.82) is 0 Å². The number of ether oxygens (including phenoxy) is 2. The van der Waals surface area contributed by atoms with Crippen molar-refractivity contribution < 1.29 is 23.8 Å². The summed E-state index contributed by atoms with van der Waals surface area (Å²) in [5, 5.41) is 10.7. The number of carbonyl (C=O) groups is 1. The van der Waals surface area contributed by atoms with Crippen molar-refractivity contribution in [3.05, 3.63) is 76.7 Å². The van der Waals surface area contributed by atoms with Crippen LogP contribution in [0.1, 0.15) is 30.1 Å². The number of allylic oxidation sites excluding steroid dienone is 1. The number of hydrogen-bond donors (Lipinski definition) is 1. The molecule has 0 aliphatic heterocycles. The minimum Gasteiger partial charge on any atom is -0.504 e. The van der Waals surface area contributed by atoms with Crippen LogP contribution >= 0.6 is 0 Å². The second kappa shape index (κ2) is 8.90. The molecular formula is C22H20O6. The first-order valence-electron chi connectivity index (χ1n) is 8.95. The Morgan fingerprint density at radius 2 is 1.89 bits per heavy atom. The molecule has 1 N–H and O–H groups in total. The largest absolute Gasteiger partial charge is 0.504 e. The second-order valence-corrected chi connectivity index (χ2v) is 5.97. The molecule has 144 valence electrons. The Morgan fingerprint density at radius 3 is 2.64 bits per heavy atom. The Bertz CT molecular complexity index is 1050. The number of carbonyl (C=O) groups excluding carboxylic acids is 1. The maximum absolute atomic E-state index is 12.3. The van der Waals surface area contributed by atoms with Crippen molar-refractivity contribution in [2.75, 3.05) is 6.61 Å². The summed E-state index contributed by atoms with van der Waals surface area (Å²) in [7, 11) is 0. The van der Waals surface area contributed by atoms with E-state index in [4.69, 9.17) is 13.9 Å². The monoisotopic (exact) mass is 380 g/mol. The summed E-state index contributed by atoms with van der Waals surface area (Å²) < 4.78 is 16.0. The minimum absolute atomic E-state index is 0.101. The van der Waals surface area contributed by atoms with Gasteiger partial charge < -0.3 is 19.0 Å². The van der Waals surface area contributed by atoms with Gasteiger partial charge in [0.2, 0.25) is 0 Å². The Morgan fingerprint density at radius 1 is 1.11 bits per heavy atom. The molecule has 6 nitrogen and oxygen atoms in total. The lowest BCUT2D eigenvalue weighted by atomic mass is 10.2. The normalized spacial score (nSPS) is 11.0. The number of fused-ring (bicyclic) bond motifs is 1. The van der Waals surface area contributed by atoms with Crippen LogP contribution in [-0.4, -0.2) is 17.7 Å². The van der Waals surface area contributed by atoms with Crippen LogP contribution in [0.15, 0.2) is 69.9 Å². The van der Waals surface area contributed by atoms with E-state index < -0.39 is 23.1 Å². The standard InChI is InChI=1S/C22H20O6/c1-2-3-4-8-14-26-17-13-9-12-16-18(23)20(22(25)27-19(16)17)28-21(24)15-10-6-5-7-11-15/h3-7,9-13,23H,2,8,14H2,1H3. The van der Waals surface area contributed by atoms with Crippen molar-refractivity contribution in [3.8, 4) is 17.2 Å². The van der Waals surface area contributed by atoms with Gasteiger partial charge in [-0.05, 0) is 37.1 Å². The molecule has 2 aromatic carbocycles. The zero-order valence-electron chi connectivity index (χ0n) is 15.4. The first kappa shape index (κ1) is 19.2. The summed E-state index contributed by atoms with van der Waals surface area (Å²) >= 11 is 0. The molecule has 0 spiro atoms. The van der Waals surface area contributed by atoms with Crippen LogP contribution in [-0.2, 0) is 0 Å². The molecule has 6 heteroatoms. The number of para-hydroxylation sites is 1. The van der Waals surface area contributed by atoms with Gasteiger partial charge in [0.05, 0.1) is 17.6 Å². The van der Waals surface area contributed by atoms with Crippen LogP contribution in [0.3, 0.4) is 0 Å². The molecule has 1 aromatic heterocycles. The highest BCUT2D eigenvalue weighted by atomic mass is 16.6. The molecule has 28 heavy (non-hydrogen) atoms. The van der Waals surface area contributed by atoms with E-state index in [1.165, 1.54) is 0 Å². The van der Waals surface area contributed by atoms with Crippen LogP contribution in [0.2, 0.25) is 0 Å². The molecule has 3 rings (SSSR count). The predicted molar refractivity (Wildman–Crippen MR) is 105 cm³/mol.